The van der Waals surface area contributed by atoms with Crippen LogP contribution in [0.3, 0.4) is 0 Å². The fourth-order valence-electron chi connectivity index (χ4n) is 1.48. The van der Waals surface area contributed by atoms with Gasteiger partial charge < -0.3 is 5.73 Å². The van der Waals surface area contributed by atoms with Gasteiger partial charge in [-0.15, -0.1) is 0 Å². The number of halogens is 2. The molecule has 0 atom stereocenters. The van der Waals surface area contributed by atoms with Gasteiger partial charge in [0.1, 0.15) is 5.69 Å². The minimum Gasteiger partial charge on any atom is -0.393 e. The second-order valence-corrected chi connectivity index (χ2v) is 4.55. The lowest BCUT2D eigenvalue weighted by Gasteiger charge is -2.08. The molecular weight excluding hydrogens is 277 g/mol. The Kier molecular flexibility index (Phi) is 3.45. The van der Waals surface area contributed by atoms with E-state index >= 15 is 0 Å². The van der Waals surface area contributed by atoms with Crippen molar-refractivity contribution in [1.82, 2.24) is 9.55 Å². The van der Waals surface area contributed by atoms with Crippen LogP contribution < -0.4 is 17.0 Å². The van der Waals surface area contributed by atoms with Crippen molar-refractivity contribution in [1.29, 1.82) is 0 Å². The highest BCUT2D eigenvalue weighted by Crippen LogP contribution is 2.21. The highest BCUT2D eigenvalue weighted by Gasteiger charge is 2.05. The summed E-state index contributed by atoms with van der Waals surface area (Å²) in [4.78, 5) is 24.8. The molecule has 0 bridgehead atoms. The largest absolute Gasteiger partial charge is 0.393 e. The number of nitrogens with two attached hydrogens (primary N) is 1. The molecule has 0 saturated carbocycles. The molecule has 0 amide bonds. The van der Waals surface area contributed by atoms with E-state index in [0.29, 0.717) is 15.6 Å². The number of aromatic amines is 1. The Balaban J connectivity index is 2.43. The molecule has 1 aromatic carbocycles. The fraction of sp³-hybridized carbons (Fsp3) is 0.0909. The van der Waals surface area contributed by atoms with Crippen LogP contribution in [0.1, 0.15) is 5.56 Å². The lowest BCUT2D eigenvalue weighted by Crippen LogP contribution is -2.31. The average molecular weight is 286 g/mol. The van der Waals surface area contributed by atoms with Crippen molar-refractivity contribution in [2.75, 3.05) is 5.73 Å². The van der Waals surface area contributed by atoms with E-state index in [0.717, 1.165) is 0 Å². The molecule has 0 aliphatic heterocycles. The normalized spacial score (nSPS) is 10.6. The summed E-state index contributed by atoms with van der Waals surface area (Å²) in [6.45, 7) is 0.204. The summed E-state index contributed by atoms with van der Waals surface area (Å²) < 4.78 is 1.27. The van der Waals surface area contributed by atoms with E-state index in [9.17, 15) is 9.59 Å². The topological polar surface area (TPSA) is 80.9 Å². The van der Waals surface area contributed by atoms with Gasteiger partial charge in [-0.2, -0.15) is 0 Å². The van der Waals surface area contributed by atoms with Gasteiger partial charge in [0.15, 0.2) is 0 Å². The smallest absolute Gasteiger partial charge is 0.328 e. The Morgan fingerprint density at radius 1 is 1.28 bits per heavy atom. The maximum absolute atomic E-state index is 11.6. The van der Waals surface area contributed by atoms with Gasteiger partial charge in [-0.25, -0.2) is 4.79 Å². The van der Waals surface area contributed by atoms with Crippen LogP contribution in [0.4, 0.5) is 5.69 Å². The lowest BCUT2D eigenvalue weighted by atomic mass is 10.2. The Hall–Kier alpha value is -1.72. The second-order valence-electron chi connectivity index (χ2n) is 3.71. The zero-order valence-electron chi connectivity index (χ0n) is 9.11. The number of benzene rings is 1. The van der Waals surface area contributed by atoms with E-state index in [4.69, 9.17) is 28.9 Å². The summed E-state index contributed by atoms with van der Waals surface area (Å²) in [6, 6.07) is 4.96. The maximum atomic E-state index is 11.6. The third-order valence-electron chi connectivity index (χ3n) is 2.39. The van der Waals surface area contributed by atoms with E-state index in [1.165, 1.54) is 10.8 Å². The molecule has 0 aliphatic carbocycles. The van der Waals surface area contributed by atoms with Crippen LogP contribution in [0.15, 0.2) is 34.0 Å². The number of rotatable bonds is 2. The van der Waals surface area contributed by atoms with Gasteiger partial charge in [0.2, 0.25) is 0 Å². The van der Waals surface area contributed by atoms with Crippen LogP contribution in [-0.2, 0) is 6.54 Å². The van der Waals surface area contributed by atoms with Gasteiger partial charge in [-0.3, -0.25) is 14.3 Å². The molecule has 0 saturated heterocycles. The SMILES string of the molecule is Nc1cn(Cc2ccc(Cl)cc2Cl)c(=O)[nH]c1=O. The van der Waals surface area contributed by atoms with Crippen LogP contribution in [-0.4, -0.2) is 9.55 Å². The van der Waals surface area contributed by atoms with Crippen LogP contribution in [0.25, 0.3) is 0 Å². The zero-order chi connectivity index (χ0) is 13.3. The monoisotopic (exact) mass is 285 g/mol. The average Bonchev–Trinajstić information content (AvgIpc) is 2.29. The van der Waals surface area contributed by atoms with E-state index in [1.54, 1.807) is 18.2 Å². The predicted octanol–water partition coefficient (Wildman–Crippen LogP) is 1.47. The predicted molar refractivity (Wildman–Crippen MR) is 71.3 cm³/mol. The minimum absolute atomic E-state index is 0.0281. The molecule has 0 spiro atoms. The fourth-order valence-corrected chi connectivity index (χ4v) is 1.95. The maximum Gasteiger partial charge on any atom is 0.328 e. The van der Waals surface area contributed by atoms with Gasteiger partial charge in [0.25, 0.3) is 5.56 Å². The molecule has 0 radical (unpaired) electrons. The Morgan fingerprint density at radius 2 is 2.00 bits per heavy atom. The number of nitrogen functional groups attached to an aromatic ring is 1. The summed E-state index contributed by atoms with van der Waals surface area (Å²) in [5.74, 6) is 0. The van der Waals surface area contributed by atoms with Crippen molar-refractivity contribution >= 4 is 28.9 Å². The van der Waals surface area contributed by atoms with Crippen molar-refractivity contribution in [2.45, 2.75) is 6.54 Å². The molecule has 7 heteroatoms. The molecule has 18 heavy (non-hydrogen) atoms. The highest BCUT2D eigenvalue weighted by molar-refractivity contribution is 6.35. The minimum atomic E-state index is -0.599. The molecule has 2 rings (SSSR count). The van der Waals surface area contributed by atoms with Gasteiger partial charge >= 0.3 is 5.69 Å². The van der Waals surface area contributed by atoms with Crippen LogP contribution in [0, 0.1) is 0 Å². The van der Waals surface area contributed by atoms with Gasteiger partial charge in [-0.05, 0) is 17.7 Å². The second kappa shape index (κ2) is 4.88. The molecule has 0 aliphatic rings. The summed E-state index contributed by atoms with van der Waals surface area (Å²) in [5, 5.41) is 0.955. The van der Waals surface area contributed by atoms with Crippen molar-refractivity contribution in [2.24, 2.45) is 0 Å². The molecule has 5 nitrogen and oxygen atoms in total. The Bertz CT molecular complexity index is 706. The first-order valence-electron chi connectivity index (χ1n) is 5.00. The van der Waals surface area contributed by atoms with Crippen LogP contribution >= 0.6 is 23.2 Å². The summed E-state index contributed by atoms with van der Waals surface area (Å²) in [5.41, 5.74) is 4.98. The number of nitrogens with one attached hydrogen (secondary N) is 1. The number of aromatic nitrogens is 2. The van der Waals surface area contributed by atoms with Crippen LogP contribution in [0.5, 0.6) is 0 Å². The van der Waals surface area contributed by atoms with Crippen molar-refractivity contribution in [3.63, 3.8) is 0 Å². The van der Waals surface area contributed by atoms with Crippen molar-refractivity contribution < 1.29 is 0 Å². The van der Waals surface area contributed by atoms with Gasteiger partial charge in [0, 0.05) is 16.2 Å². The molecule has 3 N–H and O–H groups in total. The number of hydrogen-bond donors (Lipinski definition) is 2. The first-order valence-corrected chi connectivity index (χ1v) is 5.76. The van der Waals surface area contributed by atoms with Crippen molar-refractivity contribution in [3.8, 4) is 0 Å². The third kappa shape index (κ3) is 2.57. The lowest BCUT2D eigenvalue weighted by molar-refractivity contribution is 0.723. The number of nitrogens with zero attached hydrogens (tertiary/aromatic N) is 1. The van der Waals surface area contributed by atoms with E-state index in [-0.39, 0.29) is 12.2 Å². The molecule has 94 valence electrons. The molecule has 1 heterocycles. The summed E-state index contributed by atoms with van der Waals surface area (Å²) >= 11 is 11.8. The molecule has 0 fully saturated rings. The first kappa shape index (κ1) is 12.7. The summed E-state index contributed by atoms with van der Waals surface area (Å²) in [6.07, 6.45) is 1.28. The molecule has 2 aromatic rings. The van der Waals surface area contributed by atoms with Gasteiger partial charge in [0.05, 0.1) is 6.54 Å². The number of anilines is 1. The Labute approximate surface area is 112 Å². The molecular formula is C11H9Cl2N3O2. The molecule has 0 unspecified atom stereocenters. The zero-order valence-corrected chi connectivity index (χ0v) is 10.6. The number of H-pyrrole nitrogens is 1. The van der Waals surface area contributed by atoms with E-state index in [2.05, 4.69) is 4.98 Å². The number of hydrogen-bond acceptors (Lipinski definition) is 3. The van der Waals surface area contributed by atoms with Gasteiger partial charge in [-0.1, -0.05) is 29.3 Å². The third-order valence-corrected chi connectivity index (χ3v) is 2.98. The van der Waals surface area contributed by atoms with E-state index in [1.807, 2.05) is 0 Å². The van der Waals surface area contributed by atoms with Crippen molar-refractivity contribution in [3.05, 3.63) is 60.8 Å². The van der Waals surface area contributed by atoms with Crippen LogP contribution in [0.2, 0.25) is 10.0 Å². The van der Waals surface area contributed by atoms with E-state index < -0.39 is 11.2 Å². The molecule has 1 aromatic heterocycles. The first-order chi connectivity index (χ1) is 8.47. The summed E-state index contributed by atoms with van der Waals surface area (Å²) in [7, 11) is 0. The highest BCUT2D eigenvalue weighted by atomic mass is 35.5. The Morgan fingerprint density at radius 3 is 2.67 bits per heavy atom. The quantitative estimate of drug-likeness (QED) is 0.877. The standard InChI is InChI=1S/C11H9Cl2N3O2/c12-7-2-1-6(8(13)3-7)4-16-5-9(14)10(17)15-11(16)18/h1-3,5H,4,14H2,(H,15,17,18).